The van der Waals surface area contributed by atoms with Crippen molar-refractivity contribution in [2.75, 3.05) is 26.2 Å². The lowest BCUT2D eigenvalue weighted by molar-refractivity contribution is -0.119. The molecule has 1 aliphatic rings. The number of carbonyl (C=O) groups is 1. The van der Waals surface area contributed by atoms with Gasteiger partial charge in [-0.2, -0.15) is 0 Å². The highest BCUT2D eigenvalue weighted by Crippen LogP contribution is 2.27. The Morgan fingerprint density at radius 2 is 2.06 bits per heavy atom. The number of pyridine rings is 1. The van der Waals surface area contributed by atoms with Crippen LogP contribution >= 0.6 is 0 Å². The lowest BCUT2D eigenvalue weighted by Gasteiger charge is -2.32. The molecule has 2 rings (SSSR count). The Hall–Kier alpha value is -1.42. The molecule has 0 spiro atoms. The average molecular weight is 247 g/mol. The summed E-state index contributed by atoms with van der Waals surface area (Å²) in [6.07, 6.45) is 6.14. The van der Waals surface area contributed by atoms with Gasteiger partial charge in [-0.1, -0.05) is 0 Å². The fourth-order valence-corrected chi connectivity index (χ4v) is 2.52. The van der Waals surface area contributed by atoms with Crippen LogP contribution in [0.3, 0.4) is 0 Å². The van der Waals surface area contributed by atoms with E-state index in [1.165, 1.54) is 18.4 Å². The van der Waals surface area contributed by atoms with Gasteiger partial charge in [0.05, 0.1) is 0 Å². The van der Waals surface area contributed by atoms with Gasteiger partial charge in [-0.3, -0.25) is 9.78 Å². The highest BCUT2D eigenvalue weighted by Gasteiger charge is 2.19. The van der Waals surface area contributed by atoms with Crippen molar-refractivity contribution in [2.24, 2.45) is 0 Å². The molecular weight excluding hydrogens is 226 g/mol. The molecule has 0 aliphatic carbocycles. The molecule has 4 heteroatoms. The van der Waals surface area contributed by atoms with Crippen molar-refractivity contribution in [1.29, 1.82) is 0 Å². The van der Waals surface area contributed by atoms with E-state index in [1.54, 1.807) is 6.92 Å². The van der Waals surface area contributed by atoms with Crippen molar-refractivity contribution in [3.63, 3.8) is 0 Å². The molecule has 1 amide bonds. The maximum atomic E-state index is 10.8. The minimum atomic E-state index is 0.0571. The Kier molecular flexibility index (Phi) is 4.70. The molecule has 1 saturated heterocycles. The molecule has 0 radical (unpaired) electrons. The highest BCUT2D eigenvalue weighted by atomic mass is 16.1. The summed E-state index contributed by atoms with van der Waals surface area (Å²) in [4.78, 5) is 17.3. The number of piperidine rings is 1. The summed E-state index contributed by atoms with van der Waals surface area (Å²) in [5, 5.41) is 2.85. The number of amides is 1. The van der Waals surface area contributed by atoms with E-state index in [4.69, 9.17) is 0 Å². The molecule has 1 aromatic heterocycles. The first-order valence-corrected chi connectivity index (χ1v) is 6.62. The third kappa shape index (κ3) is 3.81. The first-order valence-electron chi connectivity index (χ1n) is 6.62. The lowest BCUT2D eigenvalue weighted by atomic mass is 9.90. The van der Waals surface area contributed by atoms with E-state index in [2.05, 4.69) is 27.3 Å². The van der Waals surface area contributed by atoms with Crippen LogP contribution in [0.25, 0.3) is 0 Å². The van der Waals surface area contributed by atoms with Gasteiger partial charge in [-0.05, 0) is 49.5 Å². The Bertz CT molecular complexity index is 372. The van der Waals surface area contributed by atoms with Gasteiger partial charge in [-0.15, -0.1) is 0 Å². The van der Waals surface area contributed by atoms with Crippen molar-refractivity contribution in [3.8, 4) is 0 Å². The van der Waals surface area contributed by atoms with Crippen LogP contribution in [0.2, 0.25) is 0 Å². The zero-order valence-corrected chi connectivity index (χ0v) is 10.9. The van der Waals surface area contributed by atoms with Gasteiger partial charge >= 0.3 is 0 Å². The van der Waals surface area contributed by atoms with E-state index in [-0.39, 0.29) is 5.91 Å². The Morgan fingerprint density at radius 1 is 1.39 bits per heavy atom. The number of aromatic nitrogens is 1. The Morgan fingerprint density at radius 3 is 2.67 bits per heavy atom. The van der Waals surface area contributed by atoms with Gasteiger partial charge in [0.1, 0.15) is 0 Å². The van der Waals surface area contributed by atoms with E-state index in [0.717, 1.165) is 26.2 Å². The lowest BCUT2D eigenvalue weighted by Crippen LogP contribution is -2.38. The smallest absolute Gasteiger partial charge is 0.216 e. The molecule has 0 bridgehead atoms. The van der Waals surface area contributed by atoms with Gasteiger partial charge in [0.25, 0.3) is 0 Å². The van der Waals surface area contributed by atoms with Crippen molar-refractivity contribution >= 4 is 5.91 Å². The van der Waals surface area contributed by atoms with Gasteiger partial charge in [0.15, 0.2) is 0 Å². The average Bonchev–Trinajstić information content (AvgIpc) is 2.40. The SMILES string of the molecule is CC(=O)NCCN1CCC(c2ccncc2)CC1. The van der Waals surface area contributed by atoms with Crippen molar-refractivity contribution < 1.29 is 4.79 Å². The second kappa shape index (κ2) is 6.50. The quantitative estimate of drug-likeness (QED) is 0.874. The van der Waals surface area contributed by atoms with Crippen molar-refractivity contribution in [1.82, 2.24) is 15.2 Å². The normalized spacial score (nSPS) is 17.6. The number of likely N-dealkylation sites (tertiary alicyclic amines) is 1. The van der Waals surface area contributed by atoms with E-state index in [1.807, 2.05) is 12.4 Å². The third-order valence-corrected chi connectivity index (χ3v) is 3.57. The predicted octanol–water partition coefficient (Wildman–Crippen LogP) is 1.40. The minimum Gasteiger partial charge on any atom is -0.355 e. The van der Waals surface area contributed by atoms with Crippen LogP contribution < -0.4 is 5.32 Å². The molecule has 98 valence electrons. The molecule has 1 aliphatic heterocycles. The molecule has 0 aromatic carbocycles. The Labute approximate surface area is 108 Å². The molecule has 0 unspecified atom stereocenters. The summed E-state index contributed by atoms with van der Waals surface area (Å²) in [5.74, 6) is 0.728. The molecule has 0 saturated carbocycles. The predicted molar refractivity (Wildman–Crippen MR) is 71.3 cm³/mol. The molecule has 4 nitrogen and oxygen atoms in total. The topological polar surface area (TPSA) is 45.2 Å². The summed E-state index contributed by atoms with van der Waals surface area (Å²) in [6, 6.07) is 4.25. The van der Waals surface area contributed by atoms with Crippen LogP contribution in [0.1, 0.15) is 31.2 Å². The number of rotatable bonds is 4. The second-order valence-electron chi connectivity index (χ2n) is 4.88. The third-order valence-electron chi connectivity index (χ3n) is 3.57. The zero-order valence-electron chi connectivity index (χ0n) is 10.9. The molecule has 18 heavy (non-hydrogen) atoms. The van der Waals surface area contributed by atoms with Gasteiger partial charge < -0.3 is 10.2 Å². The van der Waals surface area contributed by atoms with Crippen molar-refractivity contribution in [2.45, 2.75) is 25.7 Å². The van der Waals surface area contributed by atoms with Crippen LogP contribution in [0, 0.1) is 0 Å². The summed E-state index contributed by atoms with van der Waals surface area (Å²) >= 11 is 0. The largest absolute Gasteiger partial charge is 0.355 e. The summed E-state index contributed by atoms with van der Waals surface area (Å²) in [6.45, 7) is 5.52. The maximum Gasteiger partial charge on any atom is 0.216 e. The monoisotopic (exact) mass is 247 g/mol. The van der Waals surface area contributed by atoms with Crippen LogP contribution in [-0.2, 0) is 4.79 Å². The molecule has 0 atom stereocenters. The molecule has 1 aromatic rings. The first-order chi connectivity index (χ1) is 8.75. The van der Waals surface area contributed by atoms with E-state index >= 15 is 0 Å². The van der Waals surface area contributed by atoms with Gasteiger partial charge in [0.2, 0.25) is 5.91 Å². The summed E-state index contributed by atoms with van der Waals surface area (Å²) in [7, 11) is 0. The molecule has 1 N–H and O–H groups in total. The maximum absolute atomic E-state index is 10.8. The standard InChI is InChI=1S/C14H21N3O/c1-12(18)16-8-11-17-9-4-14(5-10-17)13-2-6-15-7-3-13/h2-3,6-7,14H,4-5,8-11H2,1H3,(H,16,18). The minimum absolute atomic E-state index is 0.0571. The summed E-state index contributed by atoms with van der Waals surface area (Å²) in [5.41, 5.74) is 1.41. The fraction of sp³-hybridized carbons (Fsp3) is 0.571. The number of nitrogens with zero attached hydrogens (tertiary/aromatic N) is 2. The van der Waals surface area contributed by atoms with Gasteiger partial charge in [0, 0.05) is 32.4 Å². The number of hydrogen-bond acceptors (Lipinski definition) is 3. The van der Waals surface area contributed by atoms with Gasteiger partial charge in [-0.25, -0.2) is 0 Å². The van der Waals surface area contributed by atoms with Crippen LogP contribution in [0.15, 0.2) is 24.5 Å². The first kappa shape index (κ1) is 13.0. The Balaban J connectivity index is 1.73. The zero-order chi connectivity index (χ0) is 12.8. The highest BCUT2D eigenvalue weighted by molar-refractivity contribution is 5.72. The molecule has 2 heterocycles. The van der Waals surface area contributed by atoms with E-state index in [0.29, 0.717) is 5.92 Å². The fourth-order valence-electron chi connectivity index (χ4n) is 2.52. The van der Waals surface area contributed by atoms with Crippen LogP contribution in [-0.4, -0.2) is 42.0 Å². The molecule has 1 fully saturated rings. The summed E-state index contributed by atoms with van der Waals surface area (Å²) < 4.78 is 0. The van der Waals surface area contributed by atoms with Crippen molar-refractivity contribution in [3.05, 3.63) is 30.1 Å². The second-order valence-corrected chi connectivity index (χ2v) is 4.88. The number of nitrogens with one attached hydrogen (secondary N) is 1. The van der Waals surface area contributed by atoms with E-state index < -0.39 is 0 Å². The van der Waals surface area contributed by atoms with E-state index in [9.17, 15) is 4.79 Å². The van der Waals surface area contributed by atoms with Crippen LogP contribution in [0.4, 0.5) is 0 Å². The number of carbonyl (C=O) groups excluding carboxylic acids is 1. The van der Waals surface area contributed by atoms with Crippen LogP contribution in [0.5, 0.6) is 0 Å². The molecular formula is C14H21N3O. The number of hydrogen-bond donors (Lipinski definition) is 1.